The van der Waals surface area contributed by atoms with Crippen LogP contribution in [0.1, 0.15) is 19.7 Å². The Kier molecular flexibility index (Phi) is 3.91. The van der Waals surface area contributed by atoms with Gasteiger partial charge < -0.3 is 14.0 Å². The smallest absolute Gasteiger partial charge is 0.245 e. The second-order valence-corrected chi connectivity index (χ2v) is 5.03. The molecule has 0 saturated heterocycles. The van der Waals surface area contributed by atoms with E-state index in [-0.39, 0.29) is 5.60 Å². The van der Waals surface area contributed by atoms with Crippen LogP contribution in [0, 0.1) is 0 Å². The summed E-state index contributed by atoms with van der Waals surface area (Å²) in [5.41, 5.74) is 0.979. The first-order valence-corrected chi connectivity index (χ1v) is 6.41. The zero-order chi connectivity index (χ0) is 14.0. The Balaban J connectivity index is 2.58. The van der Waals surface area contributed by atoms with E-state index in [4.69, 9.17) is 21.1 Å². The first-order valence-electron chi connectivity index (χ1n) is 5.87. The number of halogens is 1. The first kappa shape index (κ1) is 14.0. The van der Waals surface area contributed by atoms with Crippen molar-refractivity contribution < 1.29 is 9.47 Å². The number of hydrogen-bond donors (Lipinski definition) is 0. The van der Waals surface area contributed by atoms with E-state index in [1.54, 1.807) is 14.2 Å². The molecule has 0 aliphatic rings. The van der Waals surface area contributed by atoms with Gasteiger partial charge in [0.25, 0.3) is 0 Å². The SMILES string of the molecule is COc1ncnc2c1nc(CCl)n2CC(C)(C)OC. The fraction of sp³-hybridized carbons (Fsp3) is 0.583. The van der Waals surface area contributed by atoms with Crippen LogP contribution in [0.15, 0.2) is 6.33 Å². The average Bonchev–Trinajstić information content (AvgIpc) is 2.76. The van der Waals surface area contributed by atoms with E-state index < -0.39 is 0 Å². The standard InChI is InChI=1S/C12H17ClN4O2/c1-12(2,19-4)6-17-8(5-13)16-9-10(17)14-7-15-11(9)18-3/h7H,5-6H2,1-4H3. The lowest BCUT2D eigenvalue weighted by molar-refractivity contribution is 0.00842. The minimum absolute atomic E-state index is 0.291. The van der Waals surface area contributed by atoms with Crippen molar-refractivity contribution in [2.24, 2.45) is 0 Å². The van der Waals surface area contributed by atoms with Gasteiger partial charge in [0.1, 0.15) is 12.2 Å². The summed E-state index contributed by atoms with van der Waals surface area (Å²) in [6.07, 6.45) is 1.46. The molecule has 0 amide bonds. The molecular weight excluding hydrogens is 268 g/mol. The Labute approximate surface area is 116 Å². The largest absolute Gasteiger partial charge is 0.479 e. The summed E-state index contributed by atoms with van der Waals surface area (Å²) in [5.74, 6) is 1.46. The fourth-order valence-electron chi connectivity index (χ4n) is 1.82. The number of ether oxygens (including phenoxy) is 2. The third kappa shape index (κ3) is 2.64. The zero-order valence-corrected chi connectivity index (χ0v) is 12.2. The number of methoxy groups -OCH3 is 2. The quantitative estimate of drug-likeness (QED) is 0.786. The highest BCUT2D eigenvalue weighted by atomic mass is 35.5. The predicted octanol–water partition coefficient (Wildman–Crippen LogP) is 2.00. The van der Waals surface area contributed by atoms with Crippen LogP contribution in [0.2, 0.25) is 0 Å². The van der Waals surface area contributed by atoms with Gasteiger partial charge in [0.15, 0.2) is 11.2 Å². The molecule has 0 N–H and O–H groups in total. The van der Waals surface area contributed by atoms with E-state index in [0.717, 1.165) is 5.82 Å². The van der Waals surface area contributed by atoms with Crippen molar-refractivity contribution in [1.29, 1.82) is 0 Å². The number of fused-ring (bicyclic) bond motifs is 1. The second-order valence-electron chi connectivity index (χ2n) is 4.77. The number of nitrogens with zero attached hydrogens (tertiary/aromatic N) is 4. The Morgan fingerprint density at radius 1 is 1.32 bits per heavy atom. The topological polar surface area (TPSA) is 62.1 Å². The molecule has 0 bridgehead atoms. The molecule has 2 aromatic heterocycles. The summed E-state index contributed by atoms with van der Waals surface area (Å²) in [6.45, 7) is 4.59. The van der Waals surface area contributed by atoms with Crippen LogP contribution in [0.5, 0.6) is 5.88 Å². The summed E-state index contributed by atoms with van der Waals surface area (Å²) < 4.78 is 12.6. The predicted molar refractivity (Wildman–Crippen MR) is 72.5 cm³/mol. The molecule has 0 unspecified atom stereocenters. The van der Waals surface area contributed by atoms with Gasteiger partial charge in [-0.1, -0.05) is 0 Å². The van der Waals surface area contributed by atoms with E-state index in [1.807, 2.05) is 18.4 Å². The minimum atomic E-state index is -0.341. The van der Waals surface area contributed by atoms with Gasteiger partial charge in [-0.2, -0.15) is 4.98 Å². The van der Waals surface area contributed by atoms with Crippen molar-refractivity contribution in [3.63, 3.8) is 0 Å². The monoisotopic (exact) mass is 284 g/mol. The van der Waals surface area contributed by atoms with Crippen molar-refractivity contribution in [3.8, 4) is 5.88 Å². The van der Waals surface area contributed by atoms with Crippen LogP contribution in [0.25, 0.3) is 11.2 Å². The zero-order valence-electron chi connectivity index (χ0n) is 11.5. The third-order valence-corrected chi connectivity index (χ3v) is 3.22. The summed E-state index contributed by atoms with van der Waals surface area (Å²) >= 11 is 5.96. The number of imidazole rings is 1. The van der Waals surface area contributed by atoms with Crippen LogP contribution in [-0.4, -0.2) is 39.3 Å². The Bertz CT molecular complexity index is 582. The van der Waals surface area contributed by atoms with Gasteiger partial charge in [-0.15, -0.1) is 11.6 Å². The van der Waals surface area contributed by atoms with E-state index in [1.165, 1.54) is 6.33 Å². The maximum Gasteiger partial charge on any atom is 0.245 e. The fourth-order valence-corrected chi connectivity index (χ4v) is 2.03. The molecule has 0 aromatic carbocycles. The van der Waals surface area contributed by atoms with Crippen molar-refractivity contribution >= 4 is 22.8 Å². The van der Waals surface area contributed by atoms with Crippen molar-refractivity contribution in [1.82, 2.24) is 19.5 Å². The van der Waals surface area contributed by atoms with Crippen molar-refractivity contribution in [2.45, 2.75) is 31.9 Å². The molecule has 2 rings (SSSR count). The highest BCUT2D eigenvalue weighted by Gasteiger charge is 2.23. The first-order chi connectivity index (χ1) is 9.02. The van der Waals surface area contributed by atoms with Crippen LogP contribution in [-0.2, 0) is 17.2 Å². The number of alkyl halides is 1. The molecule has 19 heavy (non-hydrogen) atoms. The van der Waals surface area contributed by atoms with Crippen LogP contribution < -0.4 is 4.74 Å². The molecule has 0 aliphatic carbocycles. The van der Waals surface area contributed by atoms with Crippen LogP contribution in [0.3, 0.4) is 0 Å². The van der Waals surface area contributed by atoms with Crippen LogP contribution >= 0.6 is 11.6 Å². The molecule has 7 heteroatoms. The van der Waals surface area contributed by atoms with Gasteiger partial charge in [-0.05, 0) is 13.8 Å². The number of hydrogen-bond acceptors (Lipinski definition) is 5. The van der Waals surface area contributed by atoms with Crippen molar-refractivity contribution in [2.75, 3.05) is 14.2 Å². The average molecular weight is 285 g/mol. The van der Waals surface area contributed by atoms with Gasteiger partial charge >= 0.3 is 0 Å². The molecule has 0 aliphatic heterocycles. The lowest BCUT2D eigenvalue weighted by Gasteiger charge is -2.24. The Morgan fingerprint density at radius 2 is 2.05 bits per heavy atom. The van der Waals surface area contributed by atoms with Crippen molar-refractivity contribution in [3.05, 3.63) is 12.2 Å². The molecule has 6 nitrogen and oxygen atoms in total. The molecule has 0 fully saturated rings. The third-order valence-electron chi connectivity index (χ3n) is 2.98. The minimum Gasteiger partial charge on any atom is -0.479 e. The molecule has 2 aromatic rings. The summed E-state index contributed by atoms with van der Waals surface area (Å²) in [5, 5.41) is 0. The molecule has 0 atom stereocenters. The highest BCUT2D eigenvalue weighted by molar-refractivity contribution is 6.16. The van der Waals surface area contributed by atoms with E-state index in [2.05, 4.69) is 15.0 Å². The molecule has 0 saturated carbocycles. The molecule has 2 heterocycles. The maximum absolute atomic E-state index is 5.96. The van der Waals surface area contributed by atoms with Gasteiger partial charge in [0.05, 0.1) is 25.1 Å². The number of rotatable bonds is 5. The summed E-state index contributed by atoms with van der Waals surface area (Å²) in [7, 11) is 3.23. The van der Waals surface area contributed by atoms with E-state index in [0.29, 0.717) is 29.5 Å². The number of aromatic nitrogens is 4. The van der Waals surface area contributed by atoms with E-state index in [9.17, 15) is 0 Å². The Morgan fingerprint density at radius 3 is 2.63 bits per heavy atom. The van der Waals surface area contributed by atoms with E-state index >= 15 is 0 Å². The normalized spacial score (nSPS) is 12.1. The van der Waals surface area contributed by atoms with Gasteiger partial charge in [0.2, 0.25) is 5.88 Å². The molecule has 0 radical (unpaired) electrons. The molecule has 0 spiro atoms. The molecule has 104 valence electrons. The lowest BCUT2D eigenvalue weighted by atomic mass is 10.1. The second kappa shape index (κ2) is 5.30. The maximum atomic E-state index is 5.96. The van der Waals surface area contributed by atoms with Gasteiger partial charge in [0, 0.05) is 7.11 Å². The lowest BCUT2D eigenvalue weighted by Crippen LogP contribution is -2.29. The summed E-state index contributed by atoms with van der Waals surface area (Å²) in [4.78, 5) is 12.8. The van der Waals surface area contributed by atoms with Gasteiger partial charge in [-0.3, -0.25) is 0 Å². The molecular formula is C12H17ClN4O2. The highest BCUT2D eigenvalue weighted by Crippen LogP contribution is 2.24. The van der Waals surface area contributed by atoms with Gasteiger partial charge in [-0.25, -0.2) is 9.97 Å². The van der Waals surface area contributed by atoms with Crippen LogP contribution in [0.4, 0.5) is 0 Å². The summed E-state index contributed by atoms with van der Waals surface area (Å²) in [6, 6.07) is 0. The Hall–Kier alpha value is -1.40.